The summed E-state index contributed by atoms with van der Waals surface area (Å²) in [5, 5.41) is 28.7. The molecule has 2 heterocycles. The average Bonchev–Trinajstić information content (AvgIpc) is 2.74. The molecule has 19 heavy (non-hydrogen) atoms. The summed E-state index contributed by atoms with van der Waals surface area (Å²) in [4.78, 5) is 0. The molecule has 2 fully saturated rings. The fourth-order valence-corrected chi connectivity index (χ4v) is 5.35. The summed E-state index contributed by atoms with van der Waals surface area (Å²) >= 11 is 3.61. The van der Waals surface area contributed by atoms with Gasteiger partial charge in [0.15, 0.2) is 5.79 Å². The van der Waals surface area contributed by atoms with Crippen molar-refractivity contribution < 1.29 is 24.8 Å². The molecular formula is C12H22O5S2. The lowest BCUT2D eigenvalue weighted by atomic mass is 10.0. The van der Waals surface area contributed by atoms with Gasteiger partial charge in [0, 0.05) is 0 Å². The van der Waals surface area contributed by atoms with Gasteiger partial charge in [0.25, 0.3) is 0 Å². The number of thioether (sulfide) groups is 2. The van der Waals surface area contributed by atoms with Crippen molar-refractivity contribution in [2.24, 2.45) is 0 Å². The molecule has 0 unspecified atom stereocenters. The average molecular weight is 310 g/mol. The van der Waals surface area contributed by atoms with Gasteiger partial charge >= 0.3 is 0 Å². The van der Waals surface area contributed by atoms with Crippen molar-refractivity contribution in [3.05, 3.63) is 0 Å². The van der Waals surface area contributed by atoms with E-state index >= 15 is 0 Å². The van der Waals surface area contributed by atoms with E-state index in [4.69, 9.17) is 14.6 Å². The molecule has 0 aliphatic carbocycles. The van der Waals surface area contributed by atoms with Crippen molar-refractivity contribution in [1.29, 1.82) is 0 Å². The molecular weight excluding hydrogens is 288 g/mol. The SMILES string of the molecule is CC1(C)O[C@H]([C@@H](O)[C@H](O)CO)[C@@H](C2SCCCS2)O1. The van der Waals surface area contributed by atoms with E-state index in [2.05, 4.69) is 0 Å². The van der Waals surface area contributed by atoms with Gasteiger partial charge in [-0.05, 0) is 31.8 Å². The molecule has 0 aromatic heterocycles. The number of aliphatic hydroxyl groups is 3. The standard InChI is InChI=1S/C12H22O5S2/c1-12(2)16-9(8(15)7(14)6-13)10(17-12)11-18-4-3-5-19-11/h7-11,13-15H,3-6H2,1-2H3/t7-,8+,9-,10+/m1/s1. The van der Waals surface area contributed by atoms with Crippen LogP contribution in [0.25, 0.3) is 0 Å². The maximum Gasteiger partial charge on any atom is 0.163 e. The van der Waals surface area contributed by atoms with Gasteiger partial charge in [-0.25, -0.2) is 0 Å². The van der Waals surface area contributed by atoms with Crippen LogP contribution in [0.3, 0.4) is 0 Å². The second kappa shape index (κ2) is 6.51. The number of aliphatic hydroxyl groups excluding tert-OH is 3. The van der Waals surface area contributed by atoms with Gasteiger partial charge in [-0.1, -0.05) is 0 Å². The first-order valence-electron chi connectivity index (χ1n) is 6.50. The quantitative estimate of drug-likeness (QED) is 0.694. The molecule has 2 aliphatic heterocycles. The van der Waals surface area contributed by atoms with Crippen molar-refractivity contribution in [3.63, 3.8) is 0 Å². The maximum absolute atomic E-state index is 10.1. The normalized spacial score (nSPS) is 35.2. The number of hydrogen-bond donors (Lipinski definition) is 3. The number of ether oxygens (including phenoxy) is 2. The third-order valence-corrected chi connectivity index (χ3v) is 6.26. The molecule has 112 valence electrons. The fourth-order valence-electron chi connectivity index (χ4n) is 2.31. The minimum Gasteiger partial charge on any atom is -0.394 e. The summed E-state index contributed by atoms with van der Waals surface area (Å²) in [5.41, 5.74) is 0. The molecule has 0 aromatic rings. The van der Waals surface area contributed by atoms with Gasteiger partial charge in [-0.3, -0.25) is 0 Å². The van der Waals surface area contributed by atoms with Gasteiger partial charge < -0.3 is 24.8 Å². The molecule has 2 aliphatic rings. The summed E-state index contributed by atoms with van der Waals surface area (Å²) in [6.45, 7) is 3.12. The zero-order valence-corrected chi connectivity index (χ0v) is 12.8. The van der Waals surface area contributed by atoms with Gasteiger partial charge in [0.05, 0.1) is 11.2 Å². The Balaban J connectivity index is 2.09. The van der Waals surface area contributed by atoms with Crippen LogP contribution in [0.4, 0.5) is 0 Å². The lowest BCUT2D eigenvalue weighted by Crippen LogP contribution is -2.47. The molecule has 0 spiro atoms. The predicted octanol–water partition coefficient (Wildman–Crippen LogP) is 0.417. The maximum atomic E-state index is 10.1. The highest BCUT2D eigenvalue weighted by Gasteiger charge is 2.50. The van der Waals surface area contributed by atoms with Crippen LogP contribution >= 0.6 is 23.5 Å². The van der Waals surface area contributed by atoms with Crippen LogP contribution in [0.2, 0.25) is 0 Å². The van der Waals surface area contributed by atoms with Crippen LogP contribution in [-0.4, -0.2) is 68.2 Å². The summed E-state index contributed by atoms with van der Waals surface area (Å²) in [6.07, 6.45) is -2.06. The molecule has 7 heteroatoms. The van der Waals surface area contributed by atoms with Gasteiger partial charge in [-0.2, -0.15) is 0 Å². The first-order chi connectivity index (χ1) is 8.94. The van der Waals surface area contributed by atoms with E-state index in [0.717, 1.165) is 11.5 Å². The summed E-state index contributed by atoms with van der Waals surface area (Å²) in [7, 11) is 0. The van der Waals surface area contributed by atoms with Gasteiger partial charge in [0.2, 0.25) is 0 Å². The zero-order valence-electron chi connectivity index (χ0n) is 11.2. The summed E-state index contributed by atoms with van der Waals surface area (Å²) < 4.78 is 11.8. The third-order valence-electron chi connectivity index (χ3n) is 3.20. The van der Waals surface area contributed by atoms with E-state index < -0.39 is 30.7 Å². The third kappa shape index (κ3) is 3.78. The van der Waals surface area contributed by atoms with E-state index in [1.807, 2.05) is 0 Å². The predicted molar refractivity (Wildman–Crippen MR) is 76.2 cm³/mol. The highest BCUT2D eigenvalue weighted by atomic mass is 32.2. The Labute approximate surface area is 122 Å². The zero-order chi connectivity index (χ0) is 14.0. The number of hydrogen-bond acceptors (Lipinski definition) is 7. The molecule has 2 saturated heterocycles. The van der Waals surface area contributed by atoms with E-state index in [9.17, 15) is 10.2 Å². The Hall–Kier alpha value is 0.500. The minimum absolute atomic E-state index is 0.195. The first kappa shape index (κ1) is 15.9. The topological polar surface area (TPSA) is 79.2 Å². The molecule has 4 atom stereocenters. The molecule has 0 aromatic carbocycles. The van der Waals surface area contributed by atoms with Crippen molar-refractivity contribution in [2.75, 3.05) is 18.1 Å². The summed E-state index contributed by atoms with van der Waals surface area (Å²) in [6, 6.07) is 0. The molecule has 5 nitrogen and oxygen atoms in total. The van der Waals surface area contributed by atoms with Crippen molar-refractivity contribution >= 4 is 23.5 Å². The van der Waals surface area contributed by atoms with E-state index in [1.165, 1.54) is 6.42 Å². The van der Waals surface area contributed by atoms with E-state index in [-0.39, 0.29) is 10.7 Å². The minimum atomic E-state index is -1.21. The van der Waals surface area contributed by atoms with Crippen LogP contribution in [0.5, 0.6) is 0 Å². The largest absolute Gasteiger partial charge is 0.394 e. The lowest BCUT2D eigenvalue weighted by molar-refractivity contribution is -0.164. The van der Waals surface area contributed by atoms with Gasteiger partial charge in [-0.15, -0.1) is 23.5 Å². The molecule has 2 rings (SSSR count). The Morgan fingerprint density at radius 1 is 1.21 bits per heavy atom. The highest BCUT2D eigenvalue weighted by molar-refractivity contribution is 8.17. The van der Waals surface area contributed by atoms with Crippen LogP contribution in [0.15, 0.2) is 0 Å². The van der Waals surface area contributed by atoms with Gasteiger partial charge in [0.1, 0.15) is 24.4 Å². The smallest absolute Gasteiger partial charge is 0.163 e. The highest BCUT2D eigenvalue weighted by Crippen LogP contribution is 2.42. The molecule has 0 amide bonds. The number of rotatable bonds is 4. The fraction of sp³-hybridized carbons (Fsp3) is 1.00. The van der Waals surface area contributed by atoms with Crippen LogP contribution < -0.4 is 0 Å². The van der Waals surface area contributed by atoms with Crippen LogP contribution in [0.1, 0.15) is 20.3 Å². The monoisotopic (exact) mass is 310 g/mol. The Bertz CT molecular complexity index is 284. The first-order valence-corrected chi connectivity index (χ1v) is 8.60. The Kier molecular flexibility index (Phi) is 5.44. The van der Waals surface area contributed by atoms with E-state index in [1.54, 1.807) is 37.4 Å². The molecule has 3 N–H and O–H groups in total. The van der Waals surface area contributed by atoms with Crippen molar-refractivity contribution in [3.8, 4) is 0 Å². The van der Waals surface area contributed by atoms with Crippen LogP contribution in [0, 0.1) is 0 Å². The molecule has 0 radical (unpaired) electrons. The van der Waals surface area contributed by atoms with Crippen LogP contribution in [-0.2, 0) is 9.47 Å². The molecule has 0 saturated carbocycles. The van der Waals surface area contributed by atoms with Crippen molar-refractivity contribution in [1.82, 2.24) is 0 Å². The Morgan fingerprint density at radius 3 is 2.42 bits per heavy atom. The second-order valence-corrected chi connectivity index (χ2v) is 8.07. The summed E-state index contributed by atoms with van der Waals surface area (Å²) in [5.74, 6) is 1.37. The second-order valence-electron chi connectivity index (χ2n) is 5.27. The Morgan fingerprint density at radius 2 is 1.84 bits per heavy atom. The van der Waals surface area contributed by atoms with E-state index in [0.29, 0.717) is 0 Å². The molecule has 0 bridgehead atoms. The van der Waals surface area contributed by atoms with Crippen molar-refractivity contribution in [2.45, 2.75) is 55.1 Å². The lowest BCUT2D eigenvalue weighted by Gasteiger charge is -2.31.